The van der Waals surface area contributed by atoms with E-state index in [4.69, 9.17) is 4.74 Å². The molecule has 68 heavy (non-hydrogen) atoms. The molecule has 0 aromatic rings. The topological polar surface area (TPSA) is 95.9 Å². The van der Waals surface area contributed by atoms with Crippen molar-refractivity contribution in [2.45, 2.75) is 277 Å². The molecule has 0 fully saturated rings. The van der Waals surface area contributed by atoms with E-state index in [-0.39, 0.29) is 24.9 Å². The van der Waals surface area contributed by atoms with Crippen LogP contribution in [0.5, 0.6) is 0 Å². The Bertz CT molecular complexity index is 1340. The molecule has 0 aliphatic heterocycles. The Morgan fingerprint density at radius 2 is 0.779 bits per heavy atom. The minimum Gasteiger partial charge on any atom is -0.462 e. The van der Waals surface area contributed by atoms with Gasteiger partial charge in [0.2, 0.25) is 5.91 Å². The maximum Gasteiger partial charge on any atom is 0.306 e. The number of aliphatic hydroxyl groups is 2. The molecule has 0 saturated carbocycles. The molecule has 6 heteroatoms. The van der Waals surface area contributed by atoms with Crippen molar-refractivity contribution in [1.82, 2.24) is 5.32 Å². The van der Waals surface area contributed by atoms with Gasteiger partial charge in [0, 0.05) is 6.42 Å². The molecule has 0 aliphatic rings. The molecule has 0 bridgehead atoms. The minimum atomic E-state index is -0.810. The Hall–Kier alpha value is -3.22. The number of allylic oxidation sites excluding steroid dienone is 16. The van der Waals surface area contributed by atoms with Crippen molar-refractivity contribution >= 4 is 11.9 Å². The second-order valence-electron chi connectivity index (χ2n) is 19.2. The van der Waals surface area contributed by atoms with Crippen LogP contribution in [0.4, 0.5) is 0 Å². The molecule has 1 amide bonds. The molecule has 3 atom stereocenters. The quantitative estimate of drug-likeness (QED) is 0.0321. The number of ether oxygens (including phenoxy) is 1. The third kappa shape index (κ3) is 49.2. The average molecular weight is 947 g/mol. The van der Waals surface area contributed by atoms with Crippen molar-refractivity contribution in [3.8, 4) is 0 Å². The fourth-order valence-corrected chi connectivity index (χ4v) is 8.23. The van der Waals surface area contributed by atoms with Crippen molar-refractivity contribution in [1.29, 1.82) is 0 Å². The van der Waals surface area contributed by atoms with E-state index in [0.29, 0.717) is 19.3 Å². The molecule has 390 valence electrons. The van der Waals surface area contributed by atoms with Crippen LogP contribution in [0, 0.1) is 0 Å². The number of unbranched alkanes of at least 4 members (excludes halogenated alkanes) is 28. The van der Waals surface area contributed by atoms with Crippen molar-refractivity contribution in [2.24, 2.45) is 0 Å². The zero-order chi connectivity index (χ0) is 49.5. The largest absolute Gasteiger partial charge is 0.462 e. The van der Waals surface area contributed by atoms with Gasteiger partial charge in [-0.2, -0.15) is 0 Å². The number of esters is 1. The van der Waals surface area contributed by atoms with Gasteiger partial charge in [0.15, 0.2) is 0 Å². The van der Waals surface area contributed by atoms with Crippen LogP contribution in [0.2, 0.25) is 0 Å². The van der Waals surface area contributed by atoms with Gasteiger partial charge in [-0.15, -0.1) is 0 Å². The Morgan fingerprint density at radius 1 is 0.426 bits per heavy atom. The van der Waals surface area contributed by atoms with Crippen LogP contribution in [-0.2, 0) is 14.3 Å². The number of aliphatic hydroxyl groups excluding tert-OH is 2. The van der Waals surface area contributed by atoms with Gasteiger partial charge in [-0.25, -0.2) is 0 Å². The summed E-state index contributed by atoms with van der Waals surface area (Å²) in [6.07, 6.45) is 73.2. The number of rotatable bonds is 50. The zero-order valence-corrected chi connectivity index (χ0v) is 44.5. The van der Waals surface area contributed by atoms with Crippen LogP contribution >= 0.6 is 0 Å². The van der Waals surface area contributed by atoms with Gasteiger partial charge >= 0.3 is 5.97 Å². The summed E-state index contributed by atoms with van der Waals surface area (Å²) < 4.78 is 5.93. The Kier molecular flexibility index (Phi) is 52.1. The SMILES string of the molecule is CCC/C=C/C=C/C=C/C=C/C=C/CCCCCC(CC(=O)NC(CO)C(O)CCCCCCCCCCCCCCCCC)OC(=O)CCCCCCC/C=C/C=C/C=C/CCCCCCC. The second-order valence-corrected chi connectivity index (χ2v) is 19.2. The van der Waals surface area contributed by atoms with E-state index in [9.17, 15) is 19.8 Å². The summed E-state index contributed by atoms with van der Waals surface area (Å²) in [4.78, 5) is 26.3. The molecule has 0 aromatic carbocycles. The van der Waals surface area contributed by atoms with E-state index in [1.54, 1.807) is 0 Å². The lowest BCUT2D eigenvalue weighted by Gasteiger charge is -2.24. The molecule has 3 unspecified atom stereocenters. The molecule has 0 saturated heterocycles. The third-order valence-electron chi connectivity index (χ3n) is 12.6. The van der Waals surface area contributed by atoms with Crippen LogP contribution in [-0.4, -0.2) is 46.9 Å². The fraction of sp³-hybridized carbons (Fsp3) is 0.710. The lowest BCUT2D eigenvalue weighted by Crippen LogP contribution is -2.46. The van der Waals surface area contributed by atoms with Crippen LogP contribution in [0.25, 0.3) is 0 Å². The van der Waals surface area contributed by atoms with Crippen molar-refractivity contribution in [3.05, 3.63) is 97.2 Å². The predicted octanol–water partition coefficient (Wildman–Crippen LogP) is 17.7. The molecular weight excluding hydrogens is 839 g/mol. The molecule has 0 rings (SSSR count). The van der Waals surface area contributed by atoms with Crippen LogP contribution < -0.4 is 5.32 Å². The number of nitrogens with one attached hydrogen (secondary N) is 1. The number of carbonyl (C=O) groups is 2. The van der Waals surface area contributed by atoms with Crippen LogP contribution in [0.1, 0.15) is 258 Å². The van der Waals surface area contributed by atoms with Gasteiger partial charge in [0.05, 0.1) is 25.2 Å². The van der Waals surface area contributed by atoms with Gasteiger partial charge in [0.25, 0.3) is 0 Å². The zero-order valence-electron chi connectivity index (χ0n) is 44.5. The van der Waals surface area contributed by atoms with Crippen LogP contribution in [0.15, 0.2) is 97.2 Å². The maximum absolute atomic E-state index is 13.3. The molecule has 3 N–H and O–H groups in total. The second kappa shape index (κ2) is 54.7. The Labute approximate surface area is 420 Å². The summed E-state index contributed by atoms with van der Waals surface area (Å²) in [5, 5.41) is 23.9. The number of amides is 1. The summed E-state index contributed by atoms with van der Waals surface area (Å²) in [5.74, 6) is -0.541. The summed E-state index contributed by atoms with van der Waals surface area (Å²) in [7, 11) is 0. The van der Waals surface area contributed by atoms with E-state index in [1.165, 1.54) is 116 Å². The highest BCUT2D eigenvalue weighted by atomic mass is 16.5. The molecular formula is C62H107NO5. The molecule has 0 spiro atoms. The number of carbonyl (C=O) groups excluding carboxylic acids is 2. The molecule has 0 radical (unpaired) electrons. The van der Waals surface area contributed by atoms with Gasteiger partial charge in [-0.1, -0.05) is 272 Å². The minimum absolute atomic E-state index is 0.0362. The number of hydrogen-bond donors (Lipinski definition) is 3. The monoisotopic (exact) mass is 946 g/mol. The fourth-order valence-electron chi connectivity index (χ4n) is 8.23. The van der Waals surface area contributed by atoms with Crippen molar-refractivity contribution in [3.63, 3.8) is 0 Å². The first kappa shape index (κ1) is 64.8. The third-order valence-corrected chi connectivity index (χ3v) is 12.6. The van der Waals surface area contributed by atoms with E-state index >= 15 is 0 Å². The highest BCUT2D eigenvalue weighted by Crippen LogP contribution is 2.17. The van der Waals surface area contributed by atoms with Crippen molar-refractivity contribution in [2.75, 3.05) is 6.61 Å². The first-order chi connectivity index (χ1) is 33.5. The summed E-state index contributed by atoms with van der Waals surface area (Å²) in [6, 6.07) is -0.727. The first-order valence-electron chi connectivity index (χ1n) is 28.6. The number of hydrogen-bond acceptors (Lipinski definition) is 5. The van der Waals surface area contributed by atoms with Crippen molar-refractivity contribution < 1.29 is 24.5 Å². The van der Waals surface area contributed by atoms with E-state index in [2.05, 4.69) is 86.8 Å². The van der Waals surface area contributed by atoms with E-state index in [1.807, 2.05) is 36.5 Å². The van der Waals surface area contributed by atoms with Gasteiger partial charge in [0.1, 0.15) is 6.10 Å². The smallest absolute Gasteiger partial charge is 0.306 e. The average Bonchev–Trinajstić information content (AvgIpc) is 3.33. The highest BCUT2D eigenvalue weighted by Gasteiger charge is 2.24. The molecule has 6 nitrogen and oxygen atoms in total. The van der Waals surface area contributed by atoms with E-state index < -0.39 is 18.2 Å². The summed E-state index contributed by atoms with van der Waals surface area (Å²) in [5.41, 5.74) is 0. The maximum atomic E-state index is 13.3. The van der Waals surface area contributed by atoms with Gasteiger partial charge in [-0.05, 0) is 70.6 Å². The van der Waals surface area contributed by atoms with Crippen LogP contribution in [0.3, 0.4) is 0 Å². The standard InChI is InChI=1S/C62H107NO5/c1-4-7-10-13-16-19-22-25-28-30-31-34-37-40-43-46-49-52-55-62(67)68-58(53-50-47-44-41-38-35-33-29-26-23-20-17-14-11-8-5-2)56-61(66)63-59(57-64)60(65)54-51-48-45-42-39-36-32-27-24-21-18-15-12-9-6-3/h11,14,17,20,22-23,25-26,28-31,33-35,38,58-60,64-65H,4-10,12-13,15-16,18-19,21,24,27,32,36-37,39-57H2,1-3H3,(H,63,66)/b14-11+,20-17+,25-22+,26-23+,30-28+,33-29+,34-31+,38-35+. The van der Waals surface area contributed by atoms with Gasteiger partial charge in [-0.3, -0.25) is 9.59 Å². The molecule has 0 heterocycles. The summed E-state index contributed by atoms with van der Waals surface area (Å²) in [6.45, 7) is 6.38. The van der Waals surface area contributed by atoms with E-state index in [0.717, 1.165) is 96.3 Å². The molecule has 0 aromatic heterocycles. The first-order valence-corrected chi connectivity index (χ1v) is 28.6. The highest BCUT2D eigenvalue weighted by molar-refractivity contribution is 5.77. The lowest BCUT2D eigenvalue weighted by molar-refractivity contribution is -0.151. The molecule has 0 aliphatic carbocycles. The normalized spacial score (nSPS) is 13.9. The van der Waals surface area contributed by atoms with Gasteiger partial charge < -0.3 is 20.3 Å². The Morgan fingerprint density at radius 3 is 1.21 bits per heavy atom. The predicted molar refractivity (Wildman–Crippen MR) is 296 cm³/mol. The lowest BCUT2D eigenvalue weighted by atomic mass is 10.0. The Balaban J connectivity index is 4.70. The summed E-state index contributed by atoms with van der Waals surface area (Å²) >= 11 is 0.